The second-order valence-electron chi connectivity index (χ2n) is 15.7. The molecule has 4 aromatic carbocycles. The molecule has 0 saturated carbocycles. The van der Waals surface area contributed by atoms with Crippen molar-refractivity contribution in [2.75, 3.05) is 0 Å². The maximum absolute atomic E-state index is 12.9. The summed E-state index contributed by atoms with van der Waals surface area (Å²) in [5, 5.41) is 18.7. The fraction of sp³-hybridized carbons (Fsp3) is 0.319. The van der Waals surface area contributed by atoms with Crippen molar-refractivity contribution in [2.24, 2.45) is 0 Å². The van der Waals surface area contributed by atoms with Gasteiger partial charge in [-0.05, 0) is 128 Å². The van der Waals surface area contributed by atoms with Crippen molar-refractivity contribution in [3.8, 4) is 5.75 Å². The smallest absolute Gasteiger partial charge is 0.335 e. The number of hydrogen-bond donors (Lipinski definition) is 2. The number of carbonyl (C=O) groups is 3. The first-order chi connectivity index (χ1) is 26.0. The average Bonchev–Trinajstić information content (AvgIpc) is 3.14. The molecule has 1 aliphatic rings. The van der Waals surface area contributed by atoms with E-state index in [-0.39, 0.29) is 40.1 Å². The maximum atomic E-state index is 12.9. The maximum Gasteiger partial charge on any atom is 0.335 e. The third kappa shape index (κ3) is 10.3. The van der Waals surface area contributed by atoms with Crippen molar-refractivity contribution in [3.63, 3.8) is 0 Å². The van der Waals surface area contributed by atoms with Gasteiger partial charge in [-0.3, -0.25) is 14.4 Å². The highest BCUT2D eigenvalue weighted by Gasteiger charge is 2.37. The van der Waals surface area contributed by atoms with Gasteiger partial charge in [0.1, 0.15) is 16.9 Å². The average molecular weight is 743 g/mol. The van der Waals surface area contributed by atoms with Crippen molar-refractivity contribution >= 4 is 51.8 Å². The summed E-state index contributed by atoms with van der Waals surface area (Å²) in [6, 6.07) is 23.4. The number of ketones is 1. The van der Waals surface area contributed by atoms with Gasteiger partial charge in [-0.25, -0.2) is 4.79 Å². The largest absolute Gasteiger partial charge is 0.491 e. The number of carbonyl (C=O) groups excluding carboxylic acids is 1. The summed E-state index contributed by atoms with van der Waals surface area (Å²) in [6.45, 7) is 12.9. The van der Waals surface area contributed by atoms with Crippen LogP contribution in [-0.2, 0) is 15.6 Å². The molecule has 1 aliphatic carbocycles. The number of carboxylic acids is 2. The monoisotopic (exact) mass is 742 g/mol. The van der Waals surface area contributed by atoms with Gasteiger partial charge in [0.05, 0.1) is 22.4 Å². The van der Waals surface area contributed by atoms with E-state index in [0.29, 0.717) is 39.7 Å². The third-order valence-corrected chi connectivity index (χ3v) is 10.1. The van der Waals surface area contributed by atoms with Crippen LogP contribution >= 0.6 is 0 Å². The van der Waals surface area contributed by atoms with Gasteiger partial charge in [0, 0.05) is 18.1 Å². The first-order valence-electron chi connectivity index (χ1n) is 18.8. The van der Waals surface area contributed by atoms with E-state index >= 15 is 0 Å². The molecule has 0 atom stereocenters. The normalized spacial score (nSPS) is 14.5. The molecule has 55 heavy (non-hydrogen) atoms. The Morgan fingerprint density at radius 2 is 1.42 bits per heavy atom. The Morgan fingerprint density at radius 1 is 0.745 bits per heavy atom. The lowest BCUT2D eigenvalue weighted by Crippen LogP contribution is -2.34. The molecule has 8 nitrogen and oxygen atoms in total. The predicted molar refractivity (Wildman–Crippen MR) is 219 cm³/mol. The molecule has 8 heteroatoms. The van der Waals surface area contributed by atoms with Crippen LogP contribution in [0.2, 0.25) is 0 Å². The van der Waals surface area contributed by atoms with Crippen LogP contribution in [0.1, 0.15) is 123 Å². The van der Waals surface area contributed by atoms with Crippen molar-refractivity contribution in [1.29, 1.82) is 0 Å². The number of fused-ring (bicyclic) bond motifs is 3. The van der Waals surface area contributed by atoms with Gasteiger partial charge < -0.3 is 19.4 Å². The summed E-state index contributed by atoms with van der Waals surface area (Å²) in [7, 11) is 0. The summed E-state index contributed by atoms with van der Waals surface area (Å²) < 4.78 is 11.6. The number of aromatic carboxylic acids is 1. The molecular formula is C47H50O8. The summed E-state index contributed by atoms with van der Waals surface area (Å²) >= 11 is 0. The fourth-order valence-corrected chi connectivity index (χ4v) is 6.81. The summed E-state index contributed by atoms with van der Waals surface area (Å²) in [5.74, 6) is -1.09. The number of aliphatic carboxylic acids is 1. The molecule has 0 aliphatic heterocycles. The van der Waals surface area contributed by atoms with Crippen molar-refractivity contribution in [1.82, 2.24) is 0 Å². The number of hydrogen-bond acceptors (Lipinski definition) is 6. The third-order valence-electron chi connectivity index (χ3n) is 10.1. The van der Waals surface area contributed by atoms with Gasteiger partial charge >= 0.3 is 11.9 Å². The number of carboxylic acid groups (broad SMARTS) is 2. The Morgan fingerprint density at radius 3 is 2.09 bits per heavy atom. The Kier molecular flexibility index (Phi) is 12.6. The fourth-order valence-electron chi connectivity index (χ4n) is 6.81. The number of allylic oxidation sites excluding steroid dienone is 2. The van der Waals surface area contributed by atoms with Crippen LogP contribution in [0.3, 0.4) is 0 Å². The molecule has 5 aromatic rings. The zero-order valence-corrected chi connectivity index (χ0v) is 32.5. The van der Waals surface area contributed by atoms with Gasteiger partial charge in [0.2, 0.25) is 5.43 Å². The van der Waals surface area contributed by atoms with E-state index in [4.69, 9.17) is 19.4 Å². The Labute approximate surface area is 322 Å². The standard InChI is InChI=1S/C24H26O3.C23H24O5/c1-23(2)13-14-24(3,4)20-15-18(10-11-19(20)23)21(25)12-7-16-5-8-17(9-6-16)22(26)27;1-15(2)27-17-10-11-18-21(14-17)28-20-12-9-16(13-19(20)23(18)26)7-5-3-4-6-8-22(24)25/h5-12,15H,13-14H2,1-4H3,(H,26,27);5,7,9-15H,3-4,6,8H2,1-2H3,(H,24,25)/b12-7+;7-5+. The minimum absolute atomic E-state index is 0.0423. The van der Waals surface area contributed by atoms with Gasteiger partial charge in [-0.15, -0.1) is 0 Å². The van der Waals surface area contributed by atoms with Crippen LogP contribution in [-0.4, -0.2) is 34.0 Å². The van der Waals surface area contributed by atoms with Crippen molar-refractivity contribution < 1.29 is 33.8 Å². The topological polar surface area (TPSA) is 131 Å². The van der Waals surface area contributed by atoms with Gasteiger partial charge in [0.25, 0.3) is 0 Å². The lowest BCUT2D eigenvalue weighted by molar-refractivity contribution is -0.137. The van der Waals surface area contributed by atoms with Gasteiger partial charge in [-0.1, -0.05) is 76.3 Å². The van der Waals surface area contributed by atoms with Crippen LogP contribution < -0.4 is 10.2 Å². The quantitative estimate of drug-likeness (QED) is 0.0559. The van der Waals surface area contributed by atoms with Crippen LogP contribution in [0.4, 0.5) is 0 Å². The molecule has 1 heterocycles. The van der Waals surface area contributed by atoms with Crippen LogP contribution in [0.25, 0.3) is 34.1 Å². The Balaban J connectivity index is 0.000000211. The number of benzene rings is 4. The summed E-state index contributed by atoms with van der Waals surface area (Å²) in [6.07, 6.45) is 12.0. The first-order valence-corrected chi connectivity index (χ1v) is 18.8. The molecule has 0 fully saturated rings. The van der Waals surface area contributed by atoms with Gasteiger partial charge in [0.15, 0.2) is 5.78 Å². The highest BCUT2D eigenvalue weighted by molar-refractivity contribution is 6.07. The molecule has 6 rings (SSSR count). The zero-order chi connectivity index (χ0) is 39.9. The summed E-state index contributed by atoms with van der Waals surface area (Å²) in [5.41, 5.74) is 6.43. The first kappa shape index (κ1) is 40.4. The molecule has 0 bridgehead atoms. The highest BCUT2D eigenvalue weighted by Crippen LogP contribution is 2.46. The van der Waals surface area contributed by atoms with E-state index in [0.717, 1.165) is 36.8 Å². The Bertz CT molecular complexity index is 2320. The van der Waals surface area contributed by atoms with Crippen molar-refractivity contribution in [2.45, 2.75) is 97.0 Å². The highest BCUT2D eigenvalue weighted by atomic mass is 16.5. The number of unbranched alkanes of at least 4 members (excludes halogenated alkanes) is 2. The Hall–Kier alpha value is -5.76. The molecule has 286 valence electrons. The number of ether oxygens (including phenoxy) is 1. The minimum Gasteiger partial charge on any atom is -0.491 e. The summed E-state index contributed by atoms with van der Waals surface area (Å²) in [4.78, 5) is 47.0. The van der Waals surface area contributed by atoms with E-state index in [2.05, 4.69) is 39.8 Å². The number of rotatable bonds is 12. The molecule has 2 N–H and O–H groups in total. The van der Waals surface area contributed by atoms with E-state index in [1.54, 1.807) is 48.6 Å². The molecule has 0 radical (unpaired) electrons. The zero-order valence-electron chi connectivity index (χ0n) is 32.5. The lowest BCUT2D eigenvalue weighted by Gasteiger charge is -2.42. The van der Waals surface area contributed by atoms with E-state index < -0.39 is 11.9 Å². The van der Waals surface area contributed by atoms with Crippen LogP contribution in [0.5, 0.6) is 5.75 Å². The SMILES string of the molecule is CC(C)Oc1ccc2c(=O)c3cc(/C=C/CCCCC(=O)O)ccc3oc2c1.CC1(C)CCC(C)(C)c2cc(C(=O)/C=C/c3ccc(C(=O)O)cc3)ccc21. The van der Waals surface area contributed by atoms with E-state index in [9.17, 15) is 19.2 Å². The predicted octanol–water partition coefficient (Wildman–Crippen LogP) is 11.0. The van der Waals surface area contributed by atoms with Crippen LogP contribution in [0.15, 0.2) is 100 Å². The second-order valence-corrected chi connectivity index (χ2v) is 15.7. The molecule has 1 aromatic heterocycles. The molecular weight excluding hydrogens is 693 g/mol. The lowest BCUT2D eigenvalue weighted by atomic mass is 9.63. The van der Waals surface area contributed by atoms with E-state index in [1.807, 2.05) is 44.2 Å². The second kappa shape index (κ2) is 17.1. The molecule has 0 amide bonds. The molecule has 0 saturated heterocycles. The van der Waals surface area contributed by atoms with Gasteiger partial charge in [-0.2, -0.15) is 0 Å². The van der Waals surface area contributed by atoms with Crippen LogP contribution in [0, 0.1) is 0 Å². The minimum atomic E-state index is -0.957. The molecule has 0 spiro atoms. The van der Waals surface area contributed by atoms with Crippen molar-refractivity contribution in [3.05, 3.63) is 135 Å². The molecule has 0 unspecified atom stereocenters. The van der Waals surface area contributed by atoms with E-state index in [1.165, 1.54) is 23.3 Å².